The lowest BCUT2D eigenvalue weighted by Crippen LogP contribution is -2.35. The van der Waals surface area contributed by atoms with Gasteiger partial charge in [-0.3, -0.25) is 9.09 Å². The molecule has 0 spiro atoms. The normalized spacial score (nSPS) is 14.2. The molecule has 0 heterocycles. The Balaban J connectivity index is 3.08. The van der Waals surface area contributed by atoms with Crippen molar-refractivity contribution in [3.8, 4) is 0 Å². The van der Waals surface area contributed by atoms with Crippen molar-refractivity contribution in [3.05, 3.63) is 29.8 Å². The van der Waals surface area contributed by atoms with E-state index in [9.17, 15) is 13.0 Å². The van der Waals surface area contributed by atoms with E-state index in [2.05, 4.69) is 0 Å². The van der Waals surface area contributed by atoms with Crippen molar-refractivity contribution in [1.82, 2.24) is 0 Å². The van der Waals surface area contributed by atoms with Crippen LogP contribution in [-0.2, 0) is 23.4 Å². The van der Waals surface area contributed by atoms with Crippen LogP contribution in [0.2, 0.25) is 0 Å². The Morgan fingerprint density at radius 3 is 2.10 bits per heavy atom. The quantitative estimate of drug-likeness (QED) is 0.471. The number of hydrogen-bond acceptors (Lipinski definition) is 5. The number of benzene rings is 1. The smallest absolute Gasteiger partial charge is 0.319 e. The Bertz CT molecular complexity index is 562. The lowest BCUT2D eigenvalue weighted by Gasteiger charge is -2.29. The highest BCUT2D eigenvalue weighted by atomic mass is 32.2. The molecule has 0 aliphatic carbocycles. The summed E-state index contributed by atoms with van der Waals surface area (Å²) < 4.78 is 45.1. The van der Waals surface area contributed by atoms with Gasteiger partial charge in [0.15, 0.2) is 5.79 Å². The lowest BCUT2D eigenvalue weighted by atomic mass is 10.2. The topological polar surface area (TPSA) is 89.9 Å². The summed E-state index contributed by atoms with van der Waals surface area (Å²) in [7, 11) is -7.38. The van der Waals surface area contributed by atoms with Gasteiger partial charge in [-0.2, -0.15) is 8.42 Å². The van der Waals surface area contributed by atoms with E-state index in [0.29, 0.717) is 0 Å². The summed E-state index contributed by atoms with van der Waals surface area (Å²) in [5, 5.41) is 0. The zero-order valence-corrected chi connectivity index (χ0v) is 13.4. The first-order valence-electron chi connectivity index (χ1n) is 6.19. The van der Waals surface area contributed by atoms with E-state index in [1.807, 2.05) is 6.92 Å². The molecule has 6 nitrogen and oxygen atoms in total. The van der Waals surface area contributed by atoms with Crippen LogP contribution >= 0.6 is 8.25 Å². The van der Waals surface area contributed by atoms with Crippen LogP contribution in [-0.4, -0.2) is 19.1 Å². The maximum Gasteiger partial charge on any atom is 0.319 e. The van der Waals surface area contributed by atoms with Crippen molar-refractivity contribution >= 4 is 18.4 Å². The first-order valence-corrected chi connectivity index (χ1v) is 8.86. The predicted molar refractivity (Wildman–Crippen MR) is 75.1 cm³/mol. The summed E-state index contributed by atoms with van der Waals surface area (Å²) in [6.45, 7) is 5.08. The number of rotatable bonds is 7. The van der Waals surface area contributed by atoms with Crippen molar-refractivity contribution in [1.29, 1.82) is 0 Å². The number of hydrogen-bond donors (Lipinski definition) is 1. The van der Waals surface area contributed by atoms with Crippen LogP contribution in [0.1, 0.15) is 32.3 Å². The molecule has 0 bridgehead atoms. The van der Waals surface area contributed by atoms with Gasteiger partial charge in [-0.15, -0.1) is 0 Å². The fourth-order valence-electron chi connectivity index (χ4n) is 1.64. The van der Waals surface area contributed by atoms with E-state index < -0.39 is 24.2 Å². The molecule has 0 radical (unpaired) electrons. The number of aryl methyl sites for hydroxylation is 1. The van der Waals surface area contributed by atoms with Crippen LogP contribution in [0.25, 0.3) is 0 Å². The second-order valence-corrected chi connectivity index (χ2v) is 6.62. The van der Waals surface area contributed by atoms with Crippen molar-refractivity contribution in [2.24, 2.45) is 0 Å². The van der Waals surface area contributed by atoms with Gasteiger partial charge in [0.25, 0.3) is 10.1 Å². The lowest BCUT2D eigenvalue weighted by molar-refractivity contribution is -0.115. The molecular formula is C12H19O6PS. The first kappa shape index (κ1) is 17.3. The average molecular weight is 322 g/mol. The summed E-state index contributed by atoms with van der Waals surface area (Å²) in [6.07, 6.45) is 0.261. The highest BCUT2D eigenvalue weighted by molar-refractivity contribution is 7.86. The van der Waals surface area contributed by atoms with Crippen LogP contribution in [0.15, 0.2) is 29.2 Å². The summed E-state index contributed by atoms with van der Waals surface area (Å²) in [4.78, 5) is 8.89. The molecule has 1 N–H and O–H groups in total. The molecule has 0 saturated heterocycles. The zero-order chi connectivity index (χ0) is 15.4. The molecule has 1 unspecified atom stereocenters. The molecule has 1 atom stereocenters. The summed E-state index contributed by atoms with van der Waals surface area (Å²) in [5.41, 5.74) is 0.915. The van der Waals surface area contributed by atoms with E-state index in [4.69, 9.17) is 13.6 Å². The largest absolute Gasteiger partial charge is 0.326 e. The fraction of sp³-hybridized carbons (Fsp3) is 0.500. The van der Waals surface area contributed by atoms with Gasteiger partial charge in [0.05, 0.1) is 4.90 Å². The fourth-order valence-corrected chi connectivity index (χ4v) is 3.59. The predicted octanol–water partition coefficient (Wildman–Crippen LogP) is 2.62. The Morgan fingerprint density at radius 2 is 1.70 bits per heavy atom. The molecule has 0 saturated carbocycles. The molecule has 8 heteroatoms. The first-order chi connectivity index (χ1) is 9.24. The van der Waals surface area contributed by atoms with Crippen LogP contribution in [0.5, 0.6) is 0 Å². The minimum absolute atomic E-state index is 0.0180. The highest BCUT2D eigenvalue weighted by Gasteiger charge is 2.36. The van der Waals surface area contributed by atoms with E-state index in [-0.39, 0.29) is 17.7 Å². The van der Waals surface area contributed by atoms with Gasteiger partial charge in [-0.1, -0.05) is 31.5 Å². The second-order valence-electron chi connectivity index (χ2n) is 4.34. The van der Waals surface area contributed by atoms with Crippen molar-refractivity contribution in [2.75, 3.05) is 0 Å². The van der Waals surface area contributed by atoms with Gasteiger partial charge in [-0.05, 0) is 19.1 Å². The summed E-state index contributed by atoms with van der Waals surface area (Å²) in [5.74, 6) is -1.62. The molecule has 1 aromatic carbocycles. The third-order valence-corrected chi connectivity index (χ3v) is 4.84. The van der Waals surface area contributed by atoms with Gasteiger partial charge in [0, 0.05) is 12.8 Å². The monoisotopic (exact) mass is 322 g/mol. The van der Waals surface area contributed by atoms with Crippen molar-refractivity contribution in [2.45, 2.75) is 44.3 Å². The molecular weight excluding hydrogens is 303 g/mol. The molecule has 0 amide bonds. The maximum atomic E-state index is 12.2. The third-order valence-electron chi connectivity index (χ3n) is 2.92. The summed E-state index contributed by atoms with van der Waals surface area (Å²) in [6, 6.07) is 6.13. The molecule has 0 fully saturated rings. The van der Waals surface area contributed by atoms with Crippen LogP contribution in [0, 0.1) is 6.92 Å². The van der Waals surface area contributed by atoms with Gasteiger partial charge in [0.1, 0.15) is 0 Å². The average Bonchev–Trinajstić information content (AvgIpc) is 2.37. The Labute approximate surface area is 119 Å². The van der Waals surface area contributed by atoms with Crippen LogP contribution < -0.4 is 0 Å². The van der Waals surface area contributed by atoms with Gasteiger partial charge in [0.2, 0.25) is 0 Å². The standard InChI is InChI=1S/C12H19O6PS/c1-4-12(5-2,17-19(13)14)18-20(15,16)11-8-6-10(3)7-9-11/h6-9,19H,4-5H2,1-3H3,(H,13,14). The Morgan fingerprint density at radius 1 is 1.20 bits per heavy atom. The van der Waals surface area contributed by atoms with Gasteiger partial charge in [-0.25, -0.2) is 4.18 Å². The van der Waals surface area contributed by atoms with E-state index >= 15 is 0 Å². The van der Waals surface area contributed by atoms with E-state index in [0.717, 1.165) is 5.56 Å². The van der Waals surface area contributed by atoms with Gasteiger partial charge < -0.3 is 4.89 Å². The Hall–Kier alpha value is -0.720. The van der Waals surface area contributed by atoms with Crippen molar-refractivity contribution in [3.63, 3.8) is 0 Å². The maximum absolute atomic E-state index is 12.2. The van der Waals surface area contributed by atoms with Crippen LogP contribution in [0.4, 0.5) is 0 Å². The molecule has 0 aliphatic rings. The molecule has 20 heavy (non-hydrogen) atoms. The van der Waals surface area contributed by atoms with Crippen LogP contribution in [0.3, 0.4) is 0 Å². The highest BCUT2D eigenvalue weighted by Crippen LogP contribution is 2.35. The Kier molecular flexibility index (Phi) is 5.91. The third kappa shape index (κ3) is 4.40. The molecule has 114 valence electrons. The molecule has 0 aliphatic heterocycles. The minimum atomic E-state index is -4.06. The molecule has 1 aromatic rings. The summed E-state index contributed by atoms with van der Waals surface area (Å²) >= 11 is 0. The SMILES string of the molecule is CCC(CC)(O[PH](=O)O)OS(=O)(=O)c1ccc(C)cc1. The van der Waals surface area contributed by atoms with Crippen molar-refractivity contribution < 1.29 is 26.6 Å². The minimum Gasteiger partial charge on any atom is -0.326 e. The van der Waals surface area contributed by atoms with Gasteiger partial charge >= 0.3 is 8.25 Å². The molecule has 0 aromatic heterocycles. The van der Waals surface area contributed by atoms with E-state index in [1.165, 1.54) is 12.1 Å². The zero-order valence-electron chi connectivity index (χ0n) is 11.6. The molecule has 1 rings (SSSR count). The second kappa shape index (κ2) is 6.83. The van der Waals surface area contributed by atoms with E-state index in [1.54, 1.807) is 26.0 Å².